The fraction of sp³-hybridized carbons (Fsp3) is 0.176. The first-order valence-electron chi connectivity index (χ1n) is 7.55. The van der Waals surface area contributed by atoms with Crippen LogP contribution in [-0.2, 0) is 10.0 Å². The van der Waals surface area contributed by atoms with Gasteiger partial charge in [-0.1, -0.05) is 12.1 Å². The third kappa shape index (κ3) is 2.74. The Hall–Kier alpha value is -2.87. The first-order chi connectivity index (χ1) is 11.7. The van der Waals surface area contributed by atoms with Crippen molar-refractivity contribution in [1.82, 2.24) is 4.31 Å². The quantitative estimate of drug-likeness (QED) is 0.817. The average molecular weight is 360 g/mol. The molecule has 7 nitrogen and oxygen atoms in total. The van der Waals surface area contributed by atoms with Gasteiger partial charge in [-0.25, -0.2) is 12.7 Å². The number of benzene rings is 2. The number of para-hydroxylation sites is 2. The van der Waals surface area contributed by atoms with Gasteiger partial charge < -0.3 is 10.4 Å². The van der Waals surface area contributed by atoms with Crippen LogP contribution in [0.25, 0.3) is 0 Å². The standard InChI is InChI=1S/C17H16N2O5S/c1-10(2)19-17(22)12-8-7-11(9-15(12)25(19,23)24)16(21)18-13-5-3-4-6-14(13)20/h3-10,20H,1-2H3,(H,18,21). The van der Waals surface area contributed by atoms with Crippen LogP contribution in [0.2, 0.25) is 0 Å². The van der Waals surface area contributed by atoms with Crippen molar-refractivity contribution in [1.29, 1.82) is 0 Å². The van der Waals surface area contributed by atoms with Crippen LogP contribution in [-0.4, -0.2) is 35.7 Å². The van der Waals surface area contributed by atoms with Crippen LogP contribution in [0.3, 0.4) is 0 Å². The van der Waals surface area contributed by atoms with Gasteiger partial charge in [0.1, 0.15) is 10.6 Å². The fourth-order valence-corrected chi connectivity index (χ4v) is 4.47. The first kappa shape index (κ1) is 17.0. The summed E-state index contributed by atoms with van der Waals surface area (Å²) >= 11 is 0. The highest BCUT2D eigenvalue weighted by molar-refractivity contribution is 7.90. The molecule has 130 valence electrons. The summed E-state index contributed by atoms with van der Waals surface area (Å²) in [6.07, 6.45) is 0. The molecule has 0 spiro atoms. The van der Waals surface area contributed by atoms with Gasteiger partial charge in [0.25, 0.3) is 21.8 Å². The van der Waals surface area contributed by atoms with Crippen LogP contribution >= 0.6 is 0 Å². The number of phenols is 1. The number of nitrogens with one attached hydrogen (secondary N) is 1. The molecule has 2 aromatic carbocycles. The molecule has 3 rings (SSSR count). The number of aromatic hydroxyl groups is 1. The molecule has 0 atom stereocenters. The molecule has 1 aliphatic rings. The normalized spacial score (nSPS) is 15.3. The second kappa shape index (κ2) is 5.89. The molecule has 0 saturated carbocycles. The minimum Gasteiger partial charge on any atom is -0.506 e. The SMILES string of the molecule is CC(C)N1C(=O)c2ccc(C(=O)Nc3ccccc3O)cc2S1(=O)=O. The van der Waals surface area contributed by atoms with Gasteiger partial charge in [-0.3, -0.25) is 9.59 Å². The number of carbonyl (C=O) groups excluding carboxylic acids is 2. The van der Waals surface area contributed by atoms with Crippen LogP contribution in [0, 0.1) is 0 Å². The van der Waals surface area contributed by atoms with E-state index in [2.05, 4.69) is 5.32 Å². The summed E-state index contributed by atoms with van der Waals surface area (Å²) < 4.78 is 25.9. The lowest BCUT2D eigenvalue weighted by Gasteiger charge is -2.18. The lowest BCUT2D eigenvalue weighted by molar-refractivity contribution is 0.0846. The summed E-state index contributed by atoms with van der Waals surface area (Å²) in [6.45, 7) is 3.21. The zero-order chi connectivity index (χ0) is 18.4. The third-order valence-electron chi connectivity index (χ3n) is 3.83. The first-order valence-corrected chi connectivity index (χ1v) is 8.99. The number of hydrogen-bond donors (Lipinski definition) is 2. The molecule has 1 aliphatic heterocycles. The van der Waals surface area contributed by atoms with Crippen molar-refractivity contribution in [2.24, 2.45) is 0 Å². The average Bonchev–Trinajstić information content (AvgIpc) is 2.75. The molecule has 0 aliphatic carbocycles. The van der Waals surface area contributed by atoms with E-state index in [1.54, 1.807) is 26.0 Å². The molecular weight excluding hydrogens is 344 g/mol. The second-order valence-corrected chi connectivity index (χ2v) is 7.67. The molecule has 0 fully saturated rings. The fourth-order valence-electron chi connectivity index (χ4n) is 2.67. The number of phenolic OH excluding ortho intramolecular Hbond substituents is 1. The van der Waals surface area contributed by atoms with Crippen molar-refractivity contribution in [3.05, 3.63) is 53.6 Å². The van der Waals surface area contributed by atoms with E-state index in [1.165, 1.54) is 30.3 Å². The largest absolute Gasteiger partial charge is 0.506 e. The van der Waals surface area contributed by atoms with Crippen LogP contribution in [0.15, 0.2) is 47.4 Å². The van der Waals surface area contributed by atoms with Gasteiger partial charge in [-0.05, 0) is 44.2 Å². The highest BCUT2D eigenvalue weighted by Gasteiger charge is 2.42. The molecule has 0 unspecified atom stereocenters. The van der Waals surface area contributed by atoms with E-state index in [9.17, 15) is 23.1 Å². The maximum Gasteiger partial charge on any atom is 0.269 e. The molecule has 1 heterocycles. The molecule has 2 amide bonds. The summed E-state index contributed by atoms with van der Waals surface area (Å²) in [5.74, 6) is -1.29. The Bertz CT molecular complexity index is 982. The van der Waals surface area contributed by atoms with E-state index in [-0.39, 0.29) is 27.5 Å². The van der Waals surface area contributed by atoms with Crippen LogP contribution in [0.5, 0.6) is 5.75 Å². The van der Waals surface area contributed by atoms with E-state index >= 15 is 0 Å². The number of sulfonamides is 1. The molecule has 2 N–H and O–H groups in total. The van der Waals surface area contributed by atoms with E-state index in [0.29, 0.717) is 0 Å². The molecule has 8 heteroatoms. The van der Waals surface area contributed by atoms with E-state index < -0.39 is 27.9 Å². The highest BCUT2D eigenvalue weighted by Crippen LogP contribution is 2.33. The monoisotopic (exact) mass is 360 g/mol. The van der Waals surface area contributed by atoms with Gasteiger partial charge in [0.05, 0.1) is 11.3 Å². The van der Waals surface area contributed by atoms with Gasteiger partial charge in [0.15, 0.2) is 0 Å². The maximum absolute atomic E-state index is 12.6. The van der Waals surface area contributed by atoms with Gasteiger partial charge in [-0.15, -0.1) is 0 Å². The minimum absolute atomic E-state index is 0.0489. The Morgan fingerprint density at radius 1 is 1.16 bits per heavy atom. The predicted octanol–water partition coefficient (Wildman–Crippen LogP) is 2.20. The summed E-state index contributed by atoms with van der Waals surface area (Å²) in [5, 5.41) is 12.2. The van der Waals surface area contributed by atoms with Crippen molar-refractivity contribution >= 4 is 27.5 Å². The van der Waals surface area contributed by atoms with E-state index in [0.717, 1.165) is 4.31 Å². The molecule has 0 bridgehead atoms. The maximum atomic E-state index is 12.6. The number of amides is 2. The Morgan fingerprint density at radius 2 is 1.84 bits per heavy atom. The Kier molecular flexibility index (Phi) is 4.00. The van der Waals surface area contributed by atoms with Crippen LogP contribution in [0.4, 0.5) is 5.69 Å². The Balaban J connectivity index is 1.98. The van der Waals surface area contributed by atoms with Crippen molar-refractivity contribution in [2.45, 2.75) is 24.8 Å². The third-order valence-corrected chi connectivity index (χ3v) is 5.83. The molecule has 0 aromatic heterocycles. The predicted molar refractivity (Wildman–Crippen MR) is 91.0 cm³/mol. The van der Waals surface area contributed by atoms with Crippen molar-refractivity contribution in [3.8, 4) is 5.75 Å². The molecule has 0 radical (unpaired) electrons. The number of hydrogen-bond acceptors (Lipinski definition) is 5. The van der Waals surface area contributed by atoms with Crippen LogP contribution < -0.4 is 5.32 Å². The summed E-state index contributed by atoms with van der Waals surface area (Å²) in [4.78, 5) is 24.5. The van der Waals surface area contributed by atoms with Gasteiger partial charge in [-0.2, -0.15) is 0 Å². The van der Waals surface area contributed by atoms with Gasteiger partial charge in [0.2, 0.25) is 0 Å². The molecule has 25 heavy (non-hydrogen) atoms. The van der Waals surface area contributed by atoms with E-state index in [1.807, 2.05) is 0 Å². The number of rotatable bonds is 3. The number of fused-ring (bicyclic) bond motifs is 1. The lowest BCUT2D eigenvalue weighted by atomic mass is 10.1. The Labute approximate surface area is 144 Å². The molecular formula is C17H16N2O5S. The second-order valence-electron chi connectivity index (χ2n) is 5.88. The molecule has 2 aromatic rings. The zero-order valence-electron chi connectivity index (χ0n) is 13.6. The van der Waals surface area contributed by atoms with Gasteiger partial charge in [0, 0.05) is 11.6 Å². The highest BCUT2D eigenvalue weighted by atomic mass is 32.2. The zero-order valence-corrected chi connectivity index (χ0v) is 14.4. The number of nitrogens with zero attached hydrogens (tertiary/aromatic N) is 1. The number of carbonyl (C=O) groups is 2. The van der Waals surface area contributed by atoms with Gasteiger partial charge >= 0.3 is 0 Å². The Morgan fingerprint density at radius 3 is 2.48 bits per heavy atom. The topological polar surface area (TPSA) is 104 Å². The van der Waals surface area contributed by atoms with Crippen molar-refractivity contribution in [3.63, 3.8) is 0 Å². The molecule has 0 saturated heterocycles. The summed E-state index contributed by atoms with van der Waals surface area (Å²) in [6, 6.07) is 9.55. The number of anilines is 1. The lowest BCUT2D eigenvalue weighted by Crippen LogP contribution is -2.36. The van der Waals surface area contributed by atoms with Crippen molar-refractivity contribution < 1.29 is 23.1 Å². The summed E-state index contributed by atoms with van der Waals surface area (Å²) in [5.41, 5.74) is 0.326. The minimum atomic E-state index is -3.98. The van der Waals surface area contributed by atoms with E-state index in [4.69, 9.17) is 0 Å². The smallest absolute Gasteiger partial charge is 0.269 e. The van der Waals surface area contributed by atoms with Crippen LogP contribution in [0.1, 0.15) is 34.6 Å². The van der Waals surface area contributed by atoms with Crippen molar-refractivity contribution in [2.75, 3.05) is 5.32 Å². The summed E-state index contributed by atoms with van der Waals surface area (Å²) in [7, 11) is -3.98.